The summed E-state index contributed by atoms with van der Waals surface area (Å²) in [6, 6.07) is 0. The lowest BCUT2D eigenvalue weighted by atomic mass is 10.1. The van der Waals surface area contributed by atoms with Crippen LogP contribution in [-0.2, 0) is 4.79 Å². The topological polar surface area (TPSA) is 17.1 Å². The summed E-state index contributed by atoms with van der Waals surface area (Å²) in [6.45, 7) is 4.08. The van der Waals surface area contributed by atoms with E-state index < -0.39 is 0 Å². The fourth-order valence-corrected chi connectivity index (χ4v) is 1.31. The highest BCUT2D eigenvalue weighted by Crippen LogP contribution is 2.11. The Morgan fingerprint density at radius 3 is 2.64 bits per heavy atom. The van der Waals surface area contributed by atoms with Crippen LogP contribution in [0, 0.1) is 0 Å². The number of rotatable bonds is 4. The van der Waals surface area contributed by atoms with E-state index in [0.29, 0.717) is 12.0 Å². The van der Waals surface area contributed by atoms with Crippen molar-refractivity contribution in [3.8, 4) is 0 Å². The Kier molecular flexibility index (Phi) is 4.15. The minimum Gasteiger partial charge on any atom is -0.293 e. The van der Waals surface area contributed by atoms with E-state index in [4.69, 9.17) is 0 Å². The monoisotopic (exact) mass is 188 g/mol. The highest BCUT2D eigenvalue weighted by molar-refractivity contribution is 5.98. The fraction of sp³-hybridized carbons (Fsp3) is 0.385. The molecule has 1 aliphatic carbocycles. The molecule has 1 aliphatic rings. The molecule has 1 rings (SSSR count). The molecule has 0 atom stereocenters. The van der Waals surface area contributed by atoms with E-state index in [1.54, 1.807) is 0 Å². The molecular weight excluding hydrogens is 172 g/mol. The molecule has 74 valence electrons. The molecule has 0 aromatic heterocycles. The summed E-state index contributed by atoms with van der Waals surface area (Å²) in [6.07, 6.45) is 10.1. The maximum Gasteiger partial charge on any atom is 0.170 e. The zero-order chi connectivity index (χ0) is 10.4. The minimum atomic E-state index is 0.193. The van der Waals surface area contributed by atoms with Gasteiger partial charge in [0.1, 0.15) is 0 Å². The fourth-order valence-electron chi connectivity index (χ4n) is 1.31. The van der Waals surface area contributed by atoms with Gasteiger partial charge >= 0.3 is 0 Å². The van der Waals surface area contributed by atoms with E-state index in [-0.39, 0.29) is 5.78 Å². The second-order valence-electron chi connectivity index (χ2n) is 3.31. The number of hydrogen-bond acceptors (Lipinski definition) is 1. The van der Waals surface area contributed by atoms with Crippen molar-refractivity contribution in [1.82, 2.24) is 0 Å². The zero-order valence-electron chi connectivity index (χ0n) is 8.84. The van der Waals surface area contributed by atoms with Crippen LogP contribution in [-0.4, -0.2) is 5.78 Å². The number of carbonyl (C=O) groups excluding carboxylic acids is 1. The van der Waals surface area contributed by atoms with Gasteiger partial charge in [-0.1, -0.05) is 32.1 Å². The Bertz CT molecular complexity index is 336. The summed E-state index contributed by atoms with van der Waals surface area (Å²) in [5, 5.41) is 0. The van der Waals surface area contributed by atoms with Gasteiger partial charge < -0.3 is 0 Å². The third-order valence-corrected chi connectivity index (χ3v) is 2.13. The lowest BCUT2D eigenvalue weighted by Gasteiger charge is -1.96. The predicted octanol–water partition coefficient (Wildman–Crippen LogP) is 3.34. The van der Waals surface area contributed by atoms with Crippen molar-refractivity contribution in [3.63, 3.8) is 0 Å². The lowest BCUT2D eigenvalue weighted by Crippen LogP contribution is -1.98. The van der Waals surface area contributed by atoms with Gasteiger partial charge in [0.05, 0.1) is 5.57 Å². The van der Waals surface area contributed by atoms with E-state index in [9.17, 15) is 4.79 Å². The van der Waals surface area contributed by atoms with Crippen LogP contribution in [0.3, 0.4) is 0 Å². The zero-order valence-corrected chi connectivity index (χ0v) is 8.84. The van der Waals surface area contributed by atoms with Gasteiger partial charge in [0.15, 0.2) is 5.78 Å². The number of hydrogen-bond donors (Lipinski definition) is 0. The first-order chi connectivity index (χ1) is 6.77. The van der Waals surface area contributed by atoms with Crippen LogP contribution < -0.4 is 0 Å². The molecule has 1 heteroatoms. The molecule has 1 nitrogen and oxygen atoms in total. The molecule has 0 aromatic carbocycles. The number of Topliss-reactive ketones (excluding diaryl/α,β-unsaturated/α-hetero) is 1. The van der Waals surface area contributed by atoms with Crippen molar-refractivity contribution in [2.75, 3.05) is 0 Å². The Labute approximate surface area is 85.5 Å². The minimum absolute atomic E-state index is 0.193. The van der Waals surface area contributed by atoms with Gasteiger partial charge in [-0.15, -0.1) is 5.73 Å². The van der Waals surface area contributed by atoms with Crippen LogP contribution in [0.5, 0.6) is 0 Å². The van der Waals surface area contributed by atoms with Crippen molar-refractivity contribution >= 4 is 5.78 Å². The second kappa shape index (κ2) is 5.41. The van der Waals surface area contributed by atoms with Gasteiger partial charge in [0, 0.05) is 6.42 Å². The smallest absolute Gasteiger partial charge is 0.170 e. The van der Waals surface area contributed by atoms with Gasteiger partial charge in [0.2, 0.25) is 0 Å². The molecule has 0 radical (unpaired) electrons. The Morgan fingerprint density at radius 1 is 1.29 bits per heavy atom. The van der Waals surface area contributed by atoms with Crippen LogP contribution in [0.4, 0.5) is 0 Å². The molecule has 0 saturated heterocycles. The maximum absolute atomic E-state index is 11.6. The summed E-state index contributed by atoms with van der Waals surface area (Å²) in [4.78, 5) is 11.6. The Morgan fingerprint density at radius 2 is 2.00 bits per heavy atom. The molecule has 0 N–H and O–H groups in total. The number of ketones is 1. The van der Waals surface area contributed by atoms with Gasteiger partial charge in [-0.3, -0.25) is 4.79 Å². The third kappa shape index (κ3) is 2.86. The SMILES string of the molecule is CCCC(=O)C1=C=C(CC)C=CC=C1. The summed E-state index contributed by atoms with van der Waals surface area (Å²) >= 11 is 0. The van der Waals surface area contributed by atoms with Crippen LogP contribution in [0.15, 0.2) is 41.2 Å². The quantitative estimate of drug-likeness (QED) is 0.618. The van der Waals surface area contributed by atoms with Gasteiger partial charge in [-0.05, 0) is 24.5 Å². The van der Waals surface area contributed by atoms with Gasteiger partial charge in [-0.2, -0.15) is 0 Å². The van der Waals surface area contributed by atoms with Crippen molar-refractivity contribution in [1.29, 1.82) is 0 Å². The Balaban J connectivity index is 2.96. The summed E-state index contributed by atoms with van der Waals surface area (Å²) in [7, 11) is 0. The predicted molar refractivity (Wildman–Crippen MR) is 59.0 cm³/mol. The van der Waals surface area contributed by atoms with Crippen LogP contribution >= 0.6 is 0 Å². The van der Waals surface area contributed by atoms with Crippen molar-refractivity contribution < 1.29 is 4.79 Å². The molecule has 0 aromatic rings. The maximum atomic E-state index is 11.6. The molecule has 0 fully saturated rings. The van der Waals surface area contributed by atoms with E-state index >= 15 is 0 Å². The van der Waals surface area contributed by atoms with E-state index in [2.05, 4.69) is 12.7 Å². The summed E-state index contributed by atoms with van der Waals surface area (Å²) in [5.74, 6) is 0.193. The van der Waals surface area contributed by atoms with Crippen molar-refractivity contribution in [2.45, 2.75) is 33.1 Å². The van der Waals surface area contributed by atoms with Crippen LogP contribution in [0.25, 0.3) is 0 Å². The lowest BCUT2D eigenvalue weighted by molar-refractivity contribution is -0.115. The standard InChI is InChI=1S/C13H16O/c1-3-7-13(14)12-9-6-5-8-11(4-2)10-12/h5-6,8-9H,3-4,7H2,1-2H3. The van der Waals surface area contributed by atoms with Crippen molar-refractivity contribution in [2.24, 2.45) is 0 Å². The molecule has 0 spiro atoms. The highest BCUT2D eigenvalue weighted by Gasteiger charge is 2.05. The first kappa shape index (κ1) is 10.7. The van der Waals surface area contributed by atoms with E-state index in [1.165, 1.54) is 0 Å². The summed E-state index contributed by atoms with van der Waals surface area (Å²) < 4.78 is 0. The normalized spacial score (nSPS) is 14.7. The Hall–Kier alpha value is -1.33. The van der Waals surface area contributed by atoms with Crippen molar-refractivity contribution in [3.05, 3.63) is 41.2 Å². The first-order valence-electron chi connectivity index (χ1n) is 5.15. The molecule has 0 bridgehead atoms. The molecule has 0 saturated carbocycles. The molecule has 0 heterocycles. The third-order valence-electron chi connectivity index (χ3n) is 2.13. The van der Waals surface area contributed by atoms with Crippen LogP contribution in [0.1, 0.15) is 33.1 Å². The van der Waals surface area contributed by atoms with Crippen LogP contribution in [0.2, 0.25) is 0 Å². The molecular formula is C13H16O. The average Bonchev–Trinajstić information content (AvgIpc) is 2.43. The highest BCUT2D eigenvalue weighted by atomic mass is 16.1. The number of allylic oxidation sites excluding steroid dienone is 5. The van der Waals surface area contributed by atoms with E-state index in [0.717, 1.165) is 18.4 Å². The summed E-state index contributed by atoms with van der Waals surface area (Å²) in [5.41, 5.74) is 4.97. The molecule has 14 heavy (non-hydrogen) atoms. The van der Waals surface area contributed by atoms with Gasteiger partial charge in [0.25, 0.3) is 0 Å². The van der Waals surface area contributed by atoms with E-state index in [1.807, 2.05) is 31.2 Å². The molecule has 0 aliphatic heterocycles. The largest absolute Gasteiger partial charge is 0.293 e. The average molecular weight is 188 g/mol. The molecule has 0 unspecified atom stereocenters. The number of carbonyl (C=O) groups is 1. The second-order valence-corrected chi connectivity index (χ2v) is 3.31. The first-order valence-corrected chi connectivity index (χ1v) is 5.15. The molecule has 0 amide bonds. The van der Waals surface area contributed by atoms with Gasteiger partial charge in [-0.25, -0.2) is 0 Å².